The van der Waals surface area contributed by atoms with E-state index < -0.39 is 0 Å². The SMILES string of the molecule is Clc1ccc(CN2CCCC(Nc3ccnc(N4CCOCC4)n3)C2)s1. The zero-order chi connectivity index (χ0) is 17.8. The van der Waals surface area contributed by atoms with Crippen molar-refractivity contribution >= 4 is 34.7 Å². The molecule has 0 aliphatic carbocycles. The lowest BCUT2D eigenvalue weighted by Gasteiger charge is -2.33. The Morgan fingerprint density at radius 3 is 2.92 bits per heavy atom. The fourth-order valence-electron chi connectivity index (χ4n) is 3.53. The van der Waals surface area contributed by atoms with Crippen LogP contribution in [0.25, 0.3) is 0 Å². The Hall–Kier alpha value is -1.41. The number of thiophene rings is 1. The zero-order valence-electron chi connectivity index (χ0n) is 14.7. The van der Waals surface area contributed by atoms with Gasteiger partial charge in [0.2, 0.25) is 5.95 Å². The molecule has 0 aromatic carbocycles. The summed E-state index contributed by atoms with van der Waals surface area (Å²) in [5.74, 6) is 1.70. The highest BCUT2D eigenvalue weighted by Gasteiger charge is 2.21. The van der Waals surface area contributed by atoms with E-state index in [2.05, 4.69) is 26.2 Å². The first-order chi connectivity index (χ1) is 12.8. The summed E-state index contributed by atoms with van der Waals surface area (Å²) in [5.41, 5.74) is 0. The normalized spacial score (nSPS) is 21.7. The monoisotopic (exact) mass is 393 g/mol. The highest BCUT2D eigenvalue weighted by Crippen LogP contribution is 2.24. The second-order valence-electron chi connectivity index (χ2n) is 6.77. The van der Waals surface area contributed by atoms with Crippen LogP contribution in [-0.2, 0) is 11.3 Å². The van der Waals surface area contributed by atoms with E-state index in [9.17, 15) is 0 Å². The standard InChI is InChI=1S/C18H24ClN5OS/c19-16-4-3-15(26-16)13-23-7-1-2-14(12-23)21-17-5-6-20-18(22-17)24-8-10-25-11-9-24/h3-6,14H,1-2,7-13H2,(H,20,21,22). The number of piperidine rings is 1. The van der Waals surface area contributed by atoms with Crippen LogP contribution in [0, 0.1) is 0 Å². The number of ether oxygens (including phenoxy) is 1. The molecule has 2 aliphatic heterocycles. The first-order valence-corrected chi connectivity index (χ1v) is 10.3. The third kappa shape index (κ3) is 4.65. The number of rotatable bonds is 5. The van der Waals surface area contributed by atoms with Crippen LogP contribution in [0.15, 0.2) is 24.4 Å². The molecule has 2 saturated heterocycles. The molecular weight excluding hydrogens is 370 g/mol. The van der Waals surface area contributed by atoms with Crippen LogP contribution in [0.1, 0.15) is 17.7 Å². The van der Waals surface area contributed by atoms with Crippen molar-refractivity contribution in [2.45, 2.75) is 25.4 Å². The van der Waals surface area contributed by atoms with Crippen LogP contribution in [0.2, 0.25) is 4.34 Å². The van der Waals surface area contributed by atoms with Gasteiger partial charge < -0.3 is 15.0 Å². The van der Waals surface area contributed by atoms with Crippen LogP contribution >= 0.6 is 22.9 Å². The van der Waals surface area contributed by atoms with E-state index in [4.69, 9.17) is 21.3 Å². The maximum absolute atomic E-state index is 6.05. The first-order valence-electron chi connectivity index (χ1n) is 9.15. The lowest BCUT2D eigenvalue weighted by Crippen LogP contribution is -2.41. The second kappa shape index (κ2) is 8.52. The van der Waals surface area contributed by atoms with Gasteiger partial charge in [0.25, 0.3) is 0 Å². The predicted molar refractivity (Wildman–Crippen MR) is 106 cm³/mol. The summed E-state index contributed by atoms with van der Waals surface area (Å²) in [6.07, 6.45) is 4.20. The van der Waals surface area contributed by atoms with E-state index in [1.54, 1.807) is 11.3 Å². The largest absolute Gasteiger partial charge is 0.378 e. The summed E-state index contributed by atoms with van der Waals surface area (Å²) in [6.45, 7) is 6.31. The van der Waals surface area contributed by atoms with Gasteiger partial charge in [0, 0.05) is 43.3 Å². The van der Waals surface area contributed by atoms with E-state index in [0.717, 1.165) is 62.0 Å². The van der Waals surface area contributed by atoms with Crippen molar-refractivity contribution in [1.29, 1.82) is 0 Å². The molecule has 8 heteroatoms. The molecule has 2 fully saturated rings. The average molecular weight is 394 g/mol. The summed E-state index contributed by atoms with van der Waals surface area (Å²) in [7, 11) is 0. The summed E-state index contributed by atoms with van der Waals surface area (Å²) < 4.78 is 6.27. The Morgan fingerprint density at radius 2 is 2.12 bits per heavy atom. The molecule has 2 aromatic heterocycles. The van der Waals surface area contributed by atoms with Gasteiger partial charge in [-0.15, -0.1) is 11.3 Å². The number of likely N-dealkylation sites (tertiary alicyclic amines) is 1. The third-order valence-electron chi connectivity index (χ3n) is 4.80. The van der Waals surface area contributed by atoms with Crippen LogP contribution in [0.3, 0.4) is 0 Å². The fourth-order valence-corrected chi connectivity index (χ4v) is 4.66. The minimum absolute atomic E-state index is 0.409. The highest BCUT2D eigenvalue weighted by atomic mass is 35.5. The van der Waals surface area contributed by atoms with Crippen molar-refractivity contribution in [2.24, 2.45) is 0 Å². The minimum atomic E-state index is 0.409. The van der Waals surface area contributed by atoms with Crippen LogP contribution < -0.4 is 10.2 Å². The Balaban J connectivity index is 1.35. The number of nitrogens with zero attached hydrogens (tertiary/aromatic N) is 4. The lowest BCUT2D eigenvalue weighted by atomic mass is 10.1. The van der Waals surface area contributed by atoms with Gasteiger partial charge in [0.05, 0.1) is 17.6 Å². The molecule has 0 spiro atoms. The maximum Gasteiger partial charge on any atom is 0.227 e. The molecule has 4 heterocycles. The van der Waals surface area contributed by atoms with Crippen molar-refractivity contribution in [1.82, 2.24) is 14.9 Å². The lowest BCUT2D eigenvalue weighted by molar-refractivity contribution is 0.122. The molecule has 0 amide bonds. The molecule has 4 rings (SSSR count). The molecule has 1 N–H and O–H groups in total. The molecule has 1 atom stereocenters. The molecule has 0 bridgehead atoms. The van der Waals surface area contributed by atoms with Gasteiger partial charge in [-0.25, -0.2) is 4.98 Å². The van der Waals surface area contributed by atoms with E-state index in [1.165, 1.54) is 17.7 Å². The molecule has 26 heavy (non-hydrogen) atoms. The van der Waals surface area contributed by atoms with Crippen LogP contribution in [0.5, 0.6) is 0 Å². The van der Waals surface area contributed by atoms with Crippen LogP contribution in [-0.4, -0.2) is 60.3 Å². The maximum atomic E-state index is 6.05. The number of morpholine rings is 1. The Labute approximate surface area is 163 Å². The van der Waals surface area contributed by atoms with Gasteiger partial charge in [-0.3, -0.25) is 4.90 Å². The Morgan fingerprint density at radius 1 is 1.23 bits per heavy atom. The van der Waals surface area contributed by atoms with Crippen molar-refractivity contribution < 1.29 is 4.74 Å². The molecule has 0 saturated carbocycles. The molecule has 2 aromatic rings. The Bertz CT molecular complexity index is 721. The number of halogens is 1. The topological polar surface area (TPSA) is 53.5 Å². The number of hydrogen-bond donors (Lipinski definition) is 1. The van der Waals surface area contributed by atoms with E-state index >= 15 is 0 Å². The van der Waals surface area contributed by atoms with Gasteiger partial charge in [-0.1, -0.05) is 11.6 Å². The van der Waals surface area contributed by atoms with Crippen molar-refractivity contribution in [2.75, 3.05) is 49.6 Å². The van der Waals surface area contributed by atoms with Crippen molar-refractivity contribution in [3.05, 3.63) is 33.6 Å². The molecule has 140 valence electrons. The van der Waals surface area contributed by atoms with Gasteiger partial charge in [0.15, 0.2) is 0 Å². The minimum Gasteiger partial charge on any atom is -0.378 e. The zero-order valence-corrected chi connectivity index (χ0v) is 16.3. The summed E-state index contributed by atoms with van der Waals surface area (Å²) >= 11 is 7.73. The van der Waals surface area contributed by atoms with Gasteiger partial charge in [-0.2, -0.15) is 4.98 Å². The van der Waals surface area contributed by atoms with Crippen molar-refractivity contribution in [3.63, 3.8) is 0 Å². The van der Waals surface area contributed by atoms with E-state index in [-0.39, 0.29) is 0 Å². The summed E-state index contributed by atoms with van der Waals surface area (Å²) in [6, 6.07) is 6.48. The molecule has 0 radical (unpaired) electrons. The highest BCUT2D eigenvalue weighted by molar-refractivity contribution is 7.16. The summed E-state index contributed by atoms with van der Waals surface area (Å²) in [5, 5.41) is 3.61. The number of aromatic nitrogens is 2. The number of anilines is 2. The Kier molecular flexibility index (Phi) is 5.89. The van der Waals surface area contributed by atoms with E-state index in [0.29, 0.717) is 6.04 Å². The molecule has 1 unspecified atom stereocenters. The second-order valence-corrected chi connectivity index (χ2v) is 8.57. The smallest absolute Gasteiger partial charge is 0.227 e. The van der Waals surface area contributed by atoms with Gasteiger partial charge in [-0.05, 0) is 37.6 Å². The van der Waals surface area contributed by atoms with Crippen molar-refractivity contribution in [3.8, 4) is 0 Å². The average Bonchev–Trinajstić information content (AvgIpc) is 3.08. The first kappa shape index (κ1) is 18.0. The third-order valence-corrected chi connectivity index (χ3v) is 6.02. The number of hydrogen-bond acceptors (Lipinski definition) is 7. The fraction of sp³-hybridized carbons (Fsp3) is 0.556. The quantitative estimate of drug-likeness (QED) is 0.842. The predicted octanol–water partition coefficient (Wildman–Crippen LogP) is 3.10. The van der Waals surface area contributed by atoms with Crippen LogP contribution in [0.4, 0.5) is 11.8 Å². The molecule has 6 nitrogen and oxygen atoms in total. The van der Waals surface area contributed by atoms with Gasteiger partial charge >= 0.3 is 0 Å². The molecule has 2 aliphatic rings. The van der Waals surface area contributed by atoms with Gasteiger partial charge in [0.1, 0.15) is 5.82 Å². The van der Waals surface area contributed by atoms with E-state index in [1.807, 2.05) is 18.3 Å². The number of nitrogens with one attached hydrogen (secondary N) is 1. The summed E-state index contributed by atoms with van der Waals surface area (Å²) in [4.78, 5) is 15.1. The molecular formula is C18H24ClN5OS.